The van der Waals surface area contributed by atoms with Gasteiger partial charge in [0, 0.05) is 37.2 Å². The van der Waals surface area contributed by atoms with Crippen LogP contribution in [0.25, 0.3) is 11.3 Å². The van der Waals surface area contributed by atoms with E-state index in [4.69, 9.17) is 10.5 Å². The van der Waals surface area contributed by atoms with E-state index in [0.717, 1.165) is 28.2 Å². The van der Waals surface area contributed by atoms with Crippen molar-refractivity contribution in [2.24, 2.45) is 17.8 Å². The van der Waals surface area contributed by atoms with Crippen molar-refractivity contribution in [1.82, 2.24) is 9.55 Å². The number of hydrogen-bond acceptors (Lipinski definition) is 4. The summed E-state index contributed by atoms with van der Waals surface area (Å²) in [5.41, 5.74) is 8.69. The molecule has 0 saturated carbocycles. The van der Waals surface area contributed by atoms with Crippen molar-refractivity contribution in [1.29, 1.82) is 0 Å². The second-order valence-electron chi connectivity index (χ2n) is 4.72. The maximum atomic E-state index is 5.56. The maximum absolute atomic E-state index is 5.56. The zero-order chi connectivity index (χ0) is 15.2. The molecule has 2 rings (SSSR count). The first-order valence-electron chi connectivity index (χ1n) is 6.77. The Morgan fingerprint density at radius 2 is 2.29 bits per heavy atom. The first kappa shape index (κ1) is 15.0. The molecule has 0 bridgehead atoms. The highest BCUT2D eigenvalue weighted by atomic mass is 16.5. The van der Waals surface area contributed by atoms with Gasteiger partial charge in [0.05, 0.1) is 0 Å². The number of nitrogens with zero attached hydrogens (tertiary/aromatic N) is 3. The van der Waals surface area contributed by atoms with Crippen molar-refractivity contribution >= 4 is 0 Å². The lowest BCUT2D eigenvalue weighted by Gasteiger charge is -2.09. The van der Waals surface area contributed by atoms with Crippen LogP contribution in [0.2, 0.25) is 0 Å². The standard InChI is InChI=1S/C16H20N4O/c1-12(2)19-16-15(18-8-9-20(16)3)13-5-4-6-14(11-13)21-10-7-17/h4-6,8-9,11H,1,7,10,17H2,2-3H3. The fourth-order valence-corrected chi connectivity index (χ4v) is 1.93. The smallest absolute Gasteiger partial charge is 0.159 e. The monoisotopic (exact) mass is 284 g/mol. The zero-order valence-electron chi connectivity index (χ0n) is 12.4. The van der Waals surface area contributed by atoms with Crippen LogP contribution in [0.4, 0.5) is 0 Å². The van der Waals surface area contributed by atoms with E-state index in [1.165, 1.54) is 0 Å². The van der Waals surface area contributed by atoms with Crippen LogP contribution in [-0.4, -0.2) is 22.7 Å². The number of ether oxygens (including phenoxy) is 1. The normalized spacial score (nSPS) is 11.5. The zero-order valence-corrected chi connectivity index (χ0v) is 12.4. The van der Waals surface area contributed by atoms with E-state index in [9.17, 15) is 0 Å². The predicted molar refractivity (Wildman–Crippen MR) is 83.6 cm³/mol. The Labute approximate surface area is 124 Å². The number of benzene rings is 1. The van der Waals surface area contributed by atoms with Crippen LogP contribution in [0, 0.1) is 0 Å². The quantitative estimate of drug-likeness (QED) is 0.911. The Kier molecular flexibility index (Phi) is 4.90. The van der Waals surface area contributed by atoms with Crippen molar-refractivity contribution in [2.75, 3.05) is 13.2 Å². The predicted octanol–water partition coefficient (Wildman–Crippen LogP) is 1.86. The molecule has 0 saturated heterocycles. The molecule has 0 unspecified atom stereocenters. The summed E-state index contributed by atoms with van der Waals surface area (Å²) in [4.78, 5) is 8.92. The first-order valence-corrected chi connectivity index (χ1v) is 6.77. The molecule has 1 aromatic heterocycles. The maximum Gasteiger partial charge on any atom is 0.159 e. The molecule has 0 amide bonds. The highest BCUT2D eigenvalue weighted by molar-refractivity contribution is 5.60. The highest BCUT2D eigenvalue weighted by Gasteiger charge is 2.06. The largest absolute Gasteiger partial charge is 0.492 e. The minimum absolute atomic E-state index is 0.485. The highest BCUT2D eigenvalue weighted by Crippen LogP contribution is 2.19. The topological polar surface area (TPSA) is 65.4 Å². The summed E-state index contributed by atoms with van der Waals surface area (Å²) in [5.74, 6) is 0.771. The van der Waals surface area contributed by atoms with Crippen molar-refractivity contribution in [3.05, 3.63) is 54.4 Å². The Hall–Kier alpha value is -2.40. The fraction of sp³-hybridized carbons (Fsp3) is 0.250. The van der Waals surface area contributed by atoms with Gasteiger partial charge in [-0.1, -0.05) is 18.7 Å². The van der Waals surface area contributed by atoms with E-state index in [1.54, 1.807) is 6.20 Å². The van der Waals surface area contributed by atoms with E-state index in [2.05, 4.69) is 16.6 Å². The number of hydrogen-bond donors (Lipinski definition) is 1. The van der Waals surface area contributed by atoms with E-state index < -0.39 is 0 Å². The average molecular weight is 284 g/mol. The molecule has 0 aliphatic rings. The minimum Gasteiger partial charge on any atom is -0.492 e. The molecule has 0 radical (unpaired) electrons. The number of aromatic nitrogens is 2. The Bertz CT molecular complexity index is 703. The van der Waals surface area contributed by atoms with Crippen LogP contribution < -0.4 is 16.0 Å². The summed E-state index contributed by atoms with van der Waals surface area (Å²) in [6.07, 6.45) is 3.61. The number of nitrogens with two attached hydrogens (primary N) is 1. The van der Waals surface area contributed by atoms with E-state index in [0.29, 0.717) is 13.2 Å². The van der Waals surface area contributed by atoms with Crippen LogP contribution in [0.15, 0.2) is 53.9 Å². The second kappa shape index (κ2) is 6.85. The van der Waals surface area contributed by atoms with Crippen LogP contribution in [0.3, 0.4) is 0 Å². The molecule has 0 spiro atoms. The average Bonchev–Trinajstić information content (AvgIpc) is 2.47. The molecule has 5 nitrogen and oxygen atoms in total. The molecular formula is C16H20N4O. The summed E-state index contributed by atoms with van der Waals surface area (Å²) in [6.45, 7) is 6.67. The van der Waals surface area contributed by atoms with Gasteiger partial charge in [-0.25, -0.2) is 4.99 Å². The number of rotatable bonds is 5. The van der Waals surface area contributed by atoms with Gasteiger partial charge in [0.25, 0.3) is 0 Å². The lowest BCUT2D eigenvalue weighted by molar-refractivity contribution is 0.328. The van der Waals surface area contributed by atoms with Crippen LogP contribution in [-0.2, 0) is 7.05 Å². The molecule has 1 heterocycles. The first-order chi connectivity index (χ1) is 10.1. The Balaban J connectivity index is 2.52. The lowest BCUT2D eigenvalue weighted by Crippen LogP contribution is -2.21. The Morgan fingerprint density at radius 3 is 3.00 bits per heavy atom. The van der Waals surface area contributed by atoms with Crippen molar-refractivity contribution in [2.45, 2.75) is 6.92 Å². The molecule has 0 aliphatic heterocycles. The summed E-state index contributed by atoms with van der Waals surface area (Å²) >= 11 is 0. The van der Waals surface area contributed by atoms with Gasteiger partial charge < -0.3 is 15.0 Å². The Morgan fingerprint density at radius 1 is 1.48 bits per heavy atom. The van der Waals surface area contributed by atoms with Gasteiger partial charge in [-0.3, -0.25) is 4.98 Å². The second-order valence-corrected chi connectivity index (χ2v) is 4.72. The third-order valence-electron chi connectivity index (χ3n) is 2.83. The minimum atomic E-state index is 0.485. The van der Waals surface area contributed by atoms with Gasteiger partial charge >= 0.3 is 0 Å². The molecule has 2 aromatic rings. The van der Waals surface area contributed by atoms with Crippen molar-refractivity contribution in [3.8, 4) is 17.0 Å². The molecule has 2 N–H and O–H groups in total. The SMILES string of the molecule is C=C(C)N=c1c(-c2cccc(OCCN)c2)nccn1C. The van der Waals surface area contributed by atoms with Gasteiger partial charge in [0.15, 0.2) is 5.49 Å². The molecule has 0 fully saturated rings. The van der Waals surface area contributed by atoms with Gasteiger partial charge in [0.2, 0.25) is 0 Å². The summed E-state index contributed by atoms with van der Waals surface area (Å²) < 4.78 is 7.48. The number of allylic oxidation sites excluding steroid dienone is 1. The molecule has 1 aromatic carbocycles. The van der Waals surface area contributed by atoms with Gasteiger partial charge in [-0.05, 0) is 19.1 Å². The molecule has 21 heavy (non-hydrogen) atoms. The molecule has 0 atom stereocenters. The van der Waals surface area contributed by atoms with Gasteiger partial charge in [-0.15, -0.1) is 0 Å². The third kappa shape index (κ3) is 3.79. The van der Waals surface area contributed by atoms with Crippen LogP contribution in [0.1, 0.15) is 6.92 Å². The van der Waals surface area contributed by atoms with Crippen molar-refractivity contribution < 1.29 is 4.74 Å². The van der Waals surface area contributed by atoms with Crippen LogP contribution in [0.5, 0.6) is 5.75 Å². The fourth-order valence-electron chi connectivity index (χ4n) is 1.93. The van der Waals surface area contributed by atoms with E-state index in [1.807, 2.05) is 49.0 Å². The van der Waals surface area contributed by atoms with E-state index in [-0.39, 0.29) is 0 Å². The summed E-state index contributed by atoms with van der Waals surface area (Å²) in [5, 5.41) is 0. The summed E-state index contributed by atoms with van der Waals surface area (Å²) in [7, 11) is 1.93. The van der Waals surface area contributed by atoms with Gasteiger partial charge in [0.1, 0.15) is 18.1 Å². The van der Waals surface area contributed by atoms with Crippen molar-refractivity contribution in [3.63, 3.8) is 0 Å². The molecule has 0 aliphatic carbocycles. The van der Waals surface area contributed by atoms with E-state index >= 15 is 0 Å². The van der Waals surface area contributed by atoms with Gasteiger partial charge in [-0.2, -0.15) is 0 Å². The van der Waals surface area contributed by atoms with Crippen LogP contribution >= 0.6 is 0 Å². The molecular weight excluding hydrogens is 264 g/mol. The number of aryl methyl sites for hydroxylation is 1. The molecule has 110 valence electrons. The third-order valence-corrected chi connectivity index (χ3v) is 2.83. The summed E-state index contributed by atoms with van der Waals surface area (Å²) in [6, 6.07) is 7.75. The molecule has 5 heteroatoms. The lowest BCUT2D eigenvalue weighted by atomic mass is 10.1.